The minimum atomic E-state index is -0.412. The lowest BCUT2D eigenvalue weighted by atomic mass is 9.77. The normalized spacial score (nSPS) is 31.2. The molecule has 0 spiro atoms. The zero-order chi connectivity index (χ0) is 14.7. The molecule has 0 aliphatic heterocycles. The van der Waals surface area contributed by atoms with Crippen LogP contribution in [0.25, 0.3) is 0 Å². The van der Waals surface area contributed by atoms with E-state index in [9.17, 15) is 9.59 Å². The van der Waals surface area contributed by atoms with Crippen molar-refractivity contribution in [1.82, 2.24) is 4.90 Å². The third kappa shape index (κ3) is 3.51. The van der Waals surface area contributed by atoms with Gasteiger partial charge in [0.2, 0.25) is 11.8 Å². The monoisotopic (exact) mass is 281 g/mol. The molecule has 5 nitrogen and oxygen atoms in total. The molecule has 2 aliphatic carbocycles. The first-order chi connectivity index (χ1) is 9.49. The number of primary amides is 1. The van der Waals surface area contributed by atoms with E-state index >= 15 is 0 Å². The molecule has 0 aromatic carbocycles. The van der Waals surface area contributed by atoms with Crippen molar-refractivity contribution in [3.05, 3.63) is 0 Å². The molecule has 2 saturated carbocycles. The van der Waals surface area contributed by atoms with Crippen LogP contribution in [0.1, 0.15) is 51.9 Å². The Kier molecular flexibility index (Phi) is 5.02. The molecule has 2 aliphatic rings. The number of hydrogen-bond donors (Lipinski definition) is 2. The van der Waals surface area contributed by atoms with Crippen LogP contribution in [0.5, 0.6) is 0 Å². The molecule has 0 heterocycles. The van der Waals surface area contributed by atoms with E-state index in [1.807, 2.05) is 0 Å². The zero-order valence-electron chi connectivity index (χ0n) is 12.4. The summed E-state index contributed by atoms with van der Waals surface area (Å²) in [4.78, 5) is 25.9. The Morgan fingerprint density at radius 1 is 1.15 bits per heavy atom. The van der Waals surface area contributed by atoms with E-state index in [1.54, 1.807) is 4.90 Å². The third-order valence-corrected chi connectivity index (χ3v) is 4.90. The van der Waals surface area contributed by atoms with Crippen LogP contribution < -0.4 is 11.5 Å². The number of nitrogens with zero attached hydrogens (tertiary/aromatic N) is 1. The van der Waals surface area contributed by atoms with Crippen molar-refractivity contribution in [3.8, 4) is 0 Å². The topological polar surface area (TPSA) is 89.4 Å². The van der Waals surface area contributed by atoms with Gasteiger partial charge in [-0.05, 0) is 38.0 Å². The lowest BCUT2D eigenvalue weighted by Crippen LogP contribution is -2.49. The van der Waals surface area contributed by atoms with Crippen LogP contribution in [-0.4, -0.2) is 35.3 Å². The Morgan fingerprint density at radius 2 is 1.80 bits per heavy atom. The van der Waals surface area contributed by atoms with Crippen molar-refractivity contribution in [2.75, 3.05) is 6.54 Å². The number of rotatable bonds is 4. The largest absolute Gasteiger partial charge is 0.368 e. The smallest absolute Gasteiger partial charge is 0.237 e. The highest BCUT2D eigenvalue weighted by Crippen LogP contribution is 2.33. The van der Waals surface area contributed by atoms with Crippen molar-refractivity contribution in [3.63, 3.8) is 0 Å². The molecule has 0 radical (unpaired) electrons. The second-order valence-corrected chi connectivity index (χ2v) is 6.53. The van der Waals surface area contributed by atoms with Gasteiger partial charge in [0, 0.05) is 18.0 Å². The molecule has 2 rings (SSSR count). The molecule has 114 valence electrons. The Hall–Kier alpha value is -1.10. The molecule has 0 bridgehead atoms. The van der Waals surface area contributed by atoms with E-state index in [-0.39, 0.29) is 30.5 Å². The first-order valence-electron chi connectivity index (χ1n) is 7.83. The molecule has 3 atom stereocenters. The first-order valence-corrected chi connectivity index (χ1v) is 7.83. The molecular formula is C15H27N3O2. The molecular weight excluding hydrogens is 254 g/mol. The van der Waals surface area contributed by atoms with Gasteiger partial charge in [-0.15, -0.1) is 0 Å². The highest BCUT2D eigenvalue weighted by molar-refractivity contribution is 5.85. The maximum atomic E-state index is 12.8. The molecule has 0 saturated heterocycles. The average molecular weight is 281 g/mol. The van der Waals surface area contributed by atoms with Crippen molar-refractivity contribution >= 4 is 11.8 Å². The predicted octanol–water partition coefficient (Wildman–Crippen LogP) is 1.01. The molecule has 0 aromatic heterocycles. The number of carbonyl (C=O) groups is 2. The highest BCUT2D eigenvalue weighted by atomic mass is 16.2. The molecule has 5 heteroatoms. The van der Waals surface area contributed by atoms with Crippen LogP contribution in [0.2, 0.25) is 0 Å². The summed E-state index contributed by atoms with van der Waals surface area (Å²) in [6, 6.07) is 0.419. The molecule has 0 aromatic rings. The summed E-state index contributed by atoms with van der Waals surface area (Å²) in [6.45, 7) is 2.16. The van der Waals surface area contributed by atoms with Crippen LogP contribution >= 0.6 is 0 Å². The molecule has 4 N–H and O–H groups in total. The fraction of sp³-hybridized carbons (Fsp3) is 0.867. The average Bonchev–Trinajstić information content (AvgIpc) is 2.88. The Balaban J connectivity index is 2.06. The number of nitrogens with two attached hydrogens (primary N) is 2. The van der Waals surface area contributed by atoms with Gasteiger partial charge < -0.3 is 16.4 Å². The quantitative estimate of drug-likeness (QED) is 0.805. The van der Waals surface area contributed by atoms with E-state index in [0.29, 0.717) is 5.92 Å². The minimum absolute atomic E-state index is 0.00903. The third-order valence-electron chi connectivity index (χ3n) is 4.90. The standard InChI is InChI=1S/C15H27N3O2/c1-10-8-11(16)6-7-13(10)15(20)18(9-14(17)19)12-4-2-3-5-12/h10-13H,2-9,16H2,1H3,(H2,17,19). The minimum Gasteiger partial charge on any atom is -0.368 e. The van der Waals surface area contributed by atoms with E-state index in [4.69, 9.17) is 11.5 Å². The van der Waals surface area contributed by atoms with Crippen LogP contribution in [0.15, 0.2) is 0 Å². The lowest BCUT2D eigenvalue weighted by Gasteiger charge is -2.37. The summed E-state index contributed by atoms with van der Waals surface area (Å²) in [5.74, 6) is 0.0123. The summed E-state index contributed by atoms with van der Waals surface area (Å²) < 4.78 is 0. The Bertz CT molecular complexity index is 366. The first kappa shape index (κ1) is 15.3. The fourth-order valence-corrected chi connectivity index (χ4v) is 3.79. The van der Waals surface area contributed by atoms with Gasteiger partial charge in [-0.1, -0.05) is 19.8 Å². The SMILES string of the molecule is CC1CC(N)CCC1C(=O)N(CC(N)=O)C1CCCC1. The van der Waals surface area contributed by atoms with Crippen LogP contribution in [-0.2, 0) is 9.59 Å². The number of amides is 2. The molecule has 20 heavy (non-hydrogen) atoms. The van der Waals surface area contributed by atoms with Gasteiger partial charge >= 0.3 is 0 Å². The second kappa shape index (κ2) is 6.57. The van der Waals surface area contributed by atoms with Crippen molar-refractivity contribution < 1.29 is 9.59 Å². The van der Waals surface area contributed by atoms with Crippen LogP contribution in [0, 0.1) is 11.8 Å². The summed E-state index contributed by atoms with van der Waals surface area (Å²) in [5.41, 5.74) is 11.3. The van der Waals surface area contributed by atoms with E-state index in [1.165, 1.54) is 0 Å². The highest BCUT2D eigenvalue weighted by Gasteiger charge is 2.37. The van der Waals surface area contributed by atoms with E-state index in [0.717, 1.165) is 44.9 Å². The van der Waals surface area contributed by atoms with Gasteiger partial charge in [0.15, 0.2) is 0 Å². The van der Waals surface area contributed by atoms with Gasteiger partial charge in [0.05, 0.1) is 6.54 Å². The molecule has 2 fully saturated rings. The summed E-state index contributed by atoms with van der Waals surface area (Å²) in [5, 5.41) is 0. The van der Waals surface area contributed by atoms with Crippen molar-refractivity contribution in [1.29, 1.82) is 0 Å². The number of hydrogen-bond acceptors (Lipinski definition) is 3. The lowest BCUT2D eigenvalue weighted by molar-refractivity contribution is -0.143. The second-order valence-electron chi connectivity index (χ2n) is 6.53. The van der Waals surface area contributed by atoms with Gasteiger partial charge in [0.1, 0.15) is 0 Å². The maximum absolute atomic E-state index is 12.8. The summed E-state index contributed by atoms with van der Waals surface area (Å²) in [6.07, 6.45) is 6.90. The van der Waals surface area contributed by atoms with Gasteiger partial charge in [0.25, 0.3) is 0 Å². The van der Waals surface area contributed by atoms with Crippen molar-refractivity contribution in [2.24, 2.45) is 23.3 Å². The number of carbonyl (C=O) groups excluding carboxylic acids is 2. The fourth-order valence-electron chi connectivity index (χ4n) is 3.79. The Labute approximate surface area is 121 Å². The van der Waals surface area contributed by atoms with Gasteiger partial charge in [-0.25, -0.2) is 0 Å². The van der Waals surface area contributed by atoms with Gasteiger partial charge in [-0.3, -0.25) is 9.59 Å². The maximum Gasteiger partial charge on any atom is 0.237 e. The molecule has 3 unspecified atom stereocenters. The van der Waals surface area contributed by atoms with E-state index < -0.39 is 5.91 Å². The Morgan fingerprint density at radius 3 is 2.35 bits per heavy atom. The summed E-state index contributed by atoms with van der Waals surface area (Å²) >= 11 is 0. The predicted molar refractivity (Wildman–Crippen MR) is 77.6 cm³/mol. The van der Waals surface area contributed by atoms with Crippen molar-refractivity contribution in [2.45, 2.75) is 64.0 Å². The zero-order valence-corrected chi connectivity index (χ0v) is 12.4. The van der Waals surface area contributed by atoms with Crippen LogP contribution in [0.4, 0.5) is 0 Å². The van der Waals surface area contributed by atoms with E-state index in [2.05, 4.69) is 6.92 Å². The molecule has 2 amide bonds. The van der Waals surface area contributed by atoms with Crippen LogP contribution in [0.3, 0.4) is 0 Å². The summed E-state index contributed by atoms with van der Waals surface area (Å²) in [7, 11) is 0. The van der Waals surface area contributed by atoms with Gasteiger partial charge in [-0.2, -0.15) is 0 Å².